The standard InChI is InChI=1S/C15H20BrNO2/c1-10-6-12(14-8-17-4-5-18-14)15(13(16)7-10)19-9-11-2-3-11/h6-7,11,14,17H,2-5,8-9H2,1H3. The molecule has 0 aromatic heterocycles. The maximum absolute atomic E-state index is 6.05. The van der Waals surface area contributed by atoms with Crippen molar-refractivity contribution in [1.82, 2.24) is 5.32 Å². The first-order valence-corrected chi connectivity index (χ1v) is 7.78. The average molecular weight is 326 g/mol. The van der Waals surface area contributed by atoms with Crippen LogP contribution in [-0.4, -0.2) is 26.3 Å². The van der Waals surface area contributed by atoms with Crippen molar-refractivity contribution in [2.45, 2.75) is 25.9 Å². The van der Waals surface area contributed by atoms with E-state index in [2.05, 4.69) is 40.3 Å². The zero-order valence-electron chi connectivity index (χ0n) is 11.2. The lowest BCUT2D eigenvalue weighted by Crippen LogP contribution is -2.33. The highest BCUT2D eigenvalue weighted by molar-refractivity contribution is 9.10. The Labute approximate surface area is 122 Å². The van der Waals surface area contributed by atoms with Crippen molar-refractivity contribution < 1.29 is 9.47 Å². The number of benzene rings is 1. The molecule has 1 aliphatic carbocycles. The van der Waals surface area contributed by atoms with E-state index in [0.717, 1.165) is 42.4 Å². The van der Waals surface area contributed by atoms with Gasteiger partial charge in [-0.15, -0.1) is 0 Å². The molecule has 1 heterocycles. The lowest BCUT2D eigenvalue weighted by atomic mass is 10.0. The molecule has 1 unspecified atom stereocenters. The van der Waals surface area contributed by atoms with E-state index >= 15 is 0 Å². The third-order valence-corrected chi connectivity index (χ3v) is 4.24. The second-order valence-corrected chi connectivity index (χ2v) is 6.34. The van der Waals surface area contributed by atoms with Crippen molar-refractivity contribution >= 4 is 15.9 Å². The topological polar surface area (TPSA) is 30.5 Å². The highest BCUT2D eigenvalue weighted by atomic mass is 79.9. The van der Waals surface area contributed by atoms with Crippen LogP contribution in [0.4, 0.5) is 0 Å². The summed E-state index contributed by atoms with van der Waals surface area (Å²) in [5.41, 5.74) is 2.40. The third-order valence-electron chi connectivity index (χ3n) is 3.65. The highest BCUT2D eigenvalue weighted by Crippen LogP contribution is 2.38. The van der Waals surface area contributed by atoms with E-state index in [4.69, 9.17) is 9.47 Å². The first kappa shape index (κ1) is 13.4. The van der Waals surface area contributed by atoms with Gasteiger partial charge in [-0.05, 0) is 59.3 Å². The van der Waals surface area contributed by atoms with E-state index in [1.54, 1.807) is 0 Å². The maximum Gasteiger partial charge on any atom is 0.139 e. The molecule has 3 nitrogen and oxygen atoms in total. The Hall–Kier alpha value is -0.580. The molecule has 2 fully saturated rings. The summed E-state index contributed by atoms with van der Waals surface area (Å²) < 4.78 is 13.0. The van der Waals surface area contributed by atoms with E-state index in [-0.39, 0.29) is 6.10 Å². The molecule has 19 heavy (non-hydrogen) atoms. The summed E-state index contributed by atoms with van der Waals surface area (Å²) in [6.07, 6.45) is 2.71. The molecule has 1 aromatic carbocycles. The number of morpholine rings is 1. The van der Waals surface area contributed by atoms with Crippen molar-refractivity contribution in [2.24, 2.45) is 5.92 Å². The molecule has 1 atom stereocenters. The third kappa shape index (κ3) is 3.30. The summed E-state index contributed by atoms with van der Waals surface area (Å²) in [5, 5.41) is 3.38. The number of hydrogen-bond donors (Lipinski definition) is 1. The number of hydrogen-bond acceptors (Lipinski definition) is 3. The summed E-state index contributed by atoms with van der Waals surface area (Å²) in [7, 11) is 0. The molecule has 1 aromatic rings. The summed E-state index contributed by atoms with van der Waals surface area (Å²) in [6, 6.07) is 4.30. The van der Waals surface area contributed by atoms with Gasteiger partial charge in [-0.2, -0.15) is 0 Å². The minimum Gasteiger partial charge on any atom is -0.492 e. The number of nitrogens with one attached hydrogen (secondary N) is 1. The quantitative estimate of drug-likeness (QED) is 0.922. The number of rotatable bonds is 4. The molecule has 1 N–H and O–H groups in total. The highest BCUT2D eigenvalue weighted by Gasteiger charge is 2.25. The van der Waals surface area contributed by atoms with Crippen LogP contribution in [0.15, 0.2) is 16.6 Å². The molecule has 0 radical (unpaired) electrons. The minimum absolute atomic E-state index is 0.0964. The van der Waals surface area contributed by atoms with Gasteiger partial charge in [0.1, 0.15) is 5.75 Å². The Bertz CT molecular complexity index is 454. The summed E-state index contributed by atoms with van der Waals surface area (Å²) in [4.78, 5) is 0. The predicted octanol–water partition coefficient (Wildman–Crippen LogP) is 3.21. The fourth-order valence-corrected chi connectivity index (χ4v) is 3.10. The largest absolute Gasteiger partial charge is 0.492 e. The van der Waals surface area contributed by atoms with E-state index in [0.29, 0.717) is 0 Å². The van der Waals surface area contributed by atoms with Crippen molar-refractivity contribution in [3.05, 3.63) is 27.7 Å². The minimum atomic E-state index is 0.0964. The van der Waals surface area contributed by atoms with Crippen LogP contribution in [0.2, 0.25) is 0 Å². The Balaban J connectivity index is 1.85. The summed E-state index contributed by atoms with van der Waals surface area (Å²) in [6.45, 7) is 5.49. The molecule has 1 saturated heterocycles. The van der Waals surface area contributed by atoms with Crippen molar-refractivity contribution in [3.63, 3.8) is 0 Å². The molecule has 0 bridgehead atoms. The zero-order chi connectivity index (χ0) is 13.2. The Kier molecular flexibility index (Phi) is 4.10. The van der Waals surface area contributed by atoms with Gasteiger partial charge in [0.05, 0.1) is 23.8 Å². The van der Waals surface area contributed by atoms with E-state index in [1.807, 2.05) is 0 Å². The van der Waals surface area contributed by atoms with Gasteiger partial charge in [0.2, 0.25) is 0 Å². The summed E-state index contributed by atoms with van der Waals surface area (Å²) >= 11 is 3.63. The van der Waals surface area contributed by atoms with Gasteiger partial charge >= 0.3 is 0 Å². The van der Waals surface area contributed by atoms with E-state index < -0.39 is 0 Å². The number of halogens is 1. The van der Waals surface area contributed by atoms with E-state index in [1.165, 1.54) is 24.0 Å². The Morgan fingerprint density at radius 2 is 2.26 bits per heavy atom. The van der Waals surface area contributed by atoms with Crippen LogP contribution in [0.3, 0.4) is 0 Å². The molecule has 0 amide bonds. The SMILES string of the molecule is Cc1cc(Br)c(OCC2CC2)c(C2CNCCO2)c1. The second-order valence-electron chi connectivity index (χ2n) is 5.48. The molecule has 104 valence electrons. The average Bonchev–Trinajstić information content (AvgIpc) is 3.22. The van der Waals surface area contributed by atoms with Crippen LogP contribution in [0.25, 0.3) is 0 Å². The molecular weight excluding hydrogens is 306 g/mol. The van der Waals surface area contributed by atoms with Gasteiger partial charge in [0, 0.05) is 18.7 Å². The monoisotopic (exact) mass is 325 g/mol. The van der Waals surface area contributed by atoms with Crippen molar-refractivity contribution in [3.8, 4) is 5.75 Å². The van der Waals surface area contributed by atoms with Gasteiger partial charge < -0.3 is 14.8 Å². The van der Waals surface area contributed by atoms with Gasteiger partial charge in [-0.1, -0.05) is 0 Å². The molecule has 1 saturated carbocycles. The van der Waals surface area contributed by atoms with Crippen LogP contribution in [0.5, 0.6) is 5.75 Å². The van der Waals surface area contributed by atoms with Gasteiger partial charge in [-0.25, -0.2) is 0 Å². The van der Waals surface area contributed by atoms with Crippen LogP contribution >= 0.6 is 15.9 Å². The molecule has 1 aliphatic heterocycles. The normalized spacial score (nSPS) is 23.4. The van der Waals surface area contributed by atoms with Crippen molar-refractivity contribution in [1.29, 1.82) is 0 Å². The maximum atomic E-state index is 6.05. The van der Waals surface area contributed by atoms with Crippen LogP contribution < -0.4 is 10.1 Å². The Morgan fingerprint density at radius 1 is 1.42 bits per heavy atom. The fourth-order valence-electron chi connectivity index (χ4n) is 2.40. The molecule has 2 aliphatic rings. The first-order valence-electron chi connectivity index (χ1n) is 6.99. The van der Waals surface area contributed by atoms with Crippen molar-refractivity contribution in [2.75, 3.05) is 26.3 Å². The van der Waals surface area contributed by atoms with E-state index in [9.17, 15) is 0 Å². The predicted molar refractivity (Wildman–Crippen MR) is 78.7 cm³/mol. The lowest BCUT2D eigenvalue weighted by molar-refractivity contribution is 0.0257. The first-order chi connectivity index (χ1) is 9.24. The molecule has 3 rings (SSSR count). The van der Waals surface area contributed by atoms with Crippen LogP contribution in [0.1, 0.15) is 30.1 Å². The molecular formula is C15H20BrNO2. The summed E-state index contributed by atoms with van der Waals surface area (Å²) in [5.74, 6) is 1.72. The lowest BCUT2D eigenvalue weighted by Gasteiger charge is -2.26. The molecule has 4 heteroatoms. The van der Waals surface area contributed by atoms with Gasteiger partial charge in [-0.3, -0.25) is 0 Å². The van der Waals surface area contributed by atoms with Gasteiger partial charge in [0.25, 0.3) is 0 Å². The van der Waals surface area contributed by atoms with Gasteiger partial charge in [0.15, 0.2) is 0 Å². The van der Waals surface area contributed by atoms with Crippen LogP contribution in [-0.2, 0) is 4.74 Å². The zero-order valence-corrected chi connectivity index (χ0v) is 12.8. The number of ether oxygens (including phenoxy) is 2. The fraction of sp³-hybridized carbons (Fsp3) is 0.600. The Morgan fingerprint density at radius 3 is 2.95 bits per heavy atom. The van der Waals surface area contributed by atoms with Crippen LogP contribution in [0, 0.1) is 12.8 Å². The second kappa shape index (κ2) is 5.81. The number of aryl methyl sites for hydroxylation is 1. The smallest absolute Gasteiger partial charge is 0.139 e. The molecule has 0 spiro atoms.